The smallest absolute Gasteiger partial charge is 0.168 e. The van der Waals surface area contributed by atoms with E-state index in [2.05, 4.69) is 16.4 Å². The Bertz CT molecular complexity index is 358. The maximum Gasteiger partial charge on any atom is 0.168 e. The minimum absolute atomic E-state index is 0.114. The minimum atomic E-state index is 0.114. The Morgan fingerprint density at radius 1 is 1.54 bits per heavy atom. The molecule has 1 aromatic heterocycles. The van der Waals surface area contributed by atoms with E-state index in [1.807, 2.05) is 13.1 Å². The SMILES string of the molecule is Cc1cnc2c(c1)OC1(CC1)CN2. The number of ether oxygens (including phenoxy) is 1. The Balaban J connectivity index is 2.02. The first-order chi connectivity index (χ1) is 6.27. The van der Waals surface area contributed by atoms with Gasteiger partial charge in [-0.1, -0.05) is 0 Å². The Kier molecular flexibility index (Phi) is 1.19. The van der Waals surface area contributed by atoms with Crippen molar-refractivity contribution >= 4 is 5.82 Å². The molecule has 3 rings (SSSR count). The third kappa shape index (κ3) is 1.07. The van der Waals surface area contributed by atoms with Crippen LogP contribution in [0.15, 0.2) is 12.3 Å². The average molecular weight is 176 g/mol. The van der Waals surface area contributed by atoms with Crippen LogP contribution in [0.4, 0.5) is 5.82 Å². The van der Waals surface area contributed by atoms with Crippen LogP contribution in [-0.4, -0.2) is 17.1 Å². The highest BCUT2D eigenvalue weighted by molar-refractivity contribution is 5.54. The predicted molar refractivity (Wildman–Crippen MR) is 50.1 cm³/mol. The maximum absolute atomic E-state index is 5.89. The lowest BCUT2D eigenvalue weighted by molar-refractivity contribution is 0.183. The number of anilines is 1. The third-order valence-corrected chi connectivity index (χ3v) is 2.70. The van der Waals surface area contributed by atoms with Gasteiger partial charge in [0.15, 0.2) is 11.6 Å². The van der Waals surface area contributed by atoms with Crippen molar-refractivity contribution in [3.8, 4) is 5.75 Å². The zero-order valence-electron chi connectivity index (χ0n) is 7.63. The first kappa shape index (κ1) is 7.18. The average Bonchev–Trinajstić information content (AvgIpc) is 2.84. The van der Waals surface area contributed by atoms with E-state index < -0.39 is 0 Å². The molecule has 2 heterocycles. The van der Waals surface area contributed by atoms with E-state index >= 15 is 0 Å². The lowest BCUT2D eigenvalue weighted by Gasteiger charge is -2.26. The Hall–Kier alpha value is -1.25. The zero-order chi connectivity index (χ0) is 8.89. The van der Waals surface area contributed by atoms with Crippen molar-refractivity contribution in [2.24, 2.45) is 0 Å². The molecule has 1 aromatic rings. The van der Waals surface area contributed by atoms with Gasteiger partial charge in [0.05, 0.1) is 6.54 Å². The topological polar surface area (TPSA) is 34.1 Å². The highest BCUT2D eigenvalue weighted by atomic mass is 16.5. The molecule has 1 spiro atoms. The normalized spacial score (nSPS) is 21.6. The quantitative estimate of drug-likeness (QED) is 0.653. The fourth-order valence-electron chi connectivity index (χ4n) is 1.69. The van der Waals surface area contributed by atoms with Crippen molar-refractivity contribution in [3.05, 3.63) is 17.8 Å². The van der Waals surface area contributed by atoms with E-state index in [9.17, 15) is 0 Å². The molecule has 0 radical (unpaired) electrons. The fourth-order valence-corrected chi connectivity index (χ4v) is 1.69. The molecule has 0 atom stereocenters. The van der Waals surface area contributed by atoms with E-state index in [-0.39, 0.29) is 5.60 Å². The van der Waals surface area contributed by atoms with Gasteiger partial charge in [0.1, 0.15) is 5.60 Å². The molecule has 1 aliphatic heterocycles. The van der Waals surface area contributed by atoms with Crippen molar-refractivity contribution < 1.29 is 4.74 Å². The highest BCUT2D eigenvalue weighted by Crippen LogP contribution is 2.45. The molecule has 68 valence electrons. The monoisotopic (exact) mass is 176 g/mol. The molecule has 0 amide bonds. The van der Waals surface area contributed by atoms with Crippen molar-refractivity contribution in [3.63, 3.8) is 0 Å². The van der Waals surface area contributed by atoms with Crippen LogP contribution in [0, 0.1) is 6.92 Å². The van der Waals surface area contributed by atoms with Crippen molar-refractivity contribution in [1.29, 1.82) is 0 Å². The van der Waals surface area contributed by atoms with Crippen molar-refractivity contribution in [1.82, 2.24) is 4.98 Å². The van der Waals surface area contributed by atoms with Crippen LogP contribution >= 0.6 is 0 Å². The van der Waals surface area contributed by atoms with E-state index in [0.717, 1.165) is 23.7 Å². The minimum Gasteiger partial charge on any atom is -0.482 e. The molecule has 13 heavy (non-hydrogen) atoms. The van der Waals surface area contributed by atoms with E-state index in [1.165, 1.54) is 12.8 Å². The molecular formula is C10H12N2O. The maximum atomic E-state index is 5.89. The number of nitrogens with zero attached hydrogens (tertiary/aromatic N) is 1. The molecule has 1 saturated carbocycles. The van der Waals surface area contributed by atoms with Crippen LogP contribution in [0.5, 0.6) is 5.75 Å². The molecule has 0 aromatic carbocycles. The molecular weight excluding hydrogens is 164 g/mol. The second-order valence-corrected chi connectivity index (χ2v) is 4.00. The van der Waals surface area contributed by atoms with Gasteiger partial charge in [0.2, 0.25) is 0 Å². The molecule has 0 saturated heterocycles. The van der Waals surface area contributed by atoms with Crippen molar-refractivity contribution in [2.45, 2.75) is 25.4 Å². The summed E-state index contributed by atoms with van der Waals surface area (Å²) in [6, 6.07) is 2.05. The summed E-state index contributed by atoms with van der Waals surface area (Å²) in [7, 11) is 0. The number of pyridine rings is 1. The predicted octanol–water partition coefficient (Wildman–Crippen LogP) is 1.73. The van der Waals surface area contributed by atoms with E-state index in [4.69, 9.17) is 4.74 Å². The van der Waals surface area contributed by atoms with Crippen LogP contribution in [0.1, 0.15) is 18.4 Å². The summed E-state index contributed by atoms with van der Waals surface area (Å²) in [6.45, 7) is 2.95. The number of nitrogens with one attached hydrogen (secondary N) is 1. The molecule has 2 aliphatic rings. The van der Waals surface area contributed by atoms with Crippen LogP contribution in [0.3, 0.4) is 0 Å². The van der Waals surface area contributed by atoms with Gasteiger partial charge in [-0.3, -0.25) is 0 Å². The van der Waals surface area contributed by atoms with Gasteiger partial charge in [0, 0.05) is 6.20 Å². The van der Waals surface area contributed by atoms with Gasteiger partial charge < -0.3 is 10.1 Å². The molecule has 3 nitrogen and oxygen atoms in total. The second kappa shape index (κ2) is 2.16. The van der Waals surface area contributed by atoms with Crippen LogP contribution in [0.25, 0.3) is 0 Å². The van der Waals surface area contributed by atoms with Gasteiger partial charge in [-0.25, -0.2) is 4.98 Å². The lowest BCUT2D eigenvalue weighted by Crippen LogP contribution is -2.33. The number of fused-ring (bicyclic) bond motifs is 1. The highest BCUT2D eigenvalue weighted by Gasteiger charge is 2.48. The van der Waals surface area contributed by atoms with Crippen molar-refractivity contribution in [2.75, 3.05) is 11.9 Å². The summed E-state index contributed by atoms with van der Waals surface area (Å²) in [4.78, 5) is 4.28. The Morgan fingerprint density at radius 2 is 2.38 bits per heavy atom. The standard InChI is InChI=1S/C10H12N2O/c1-7-4-8-9(11-5-7)12-6-10(13-8)2-3-10/h4-5H,2-3,6H2,1H3,(H,11,12). The summed E-state index contributed by atoms with van der Waals surface area (Å²) in [5, 5.41) is 3.31. The summed E-state index contributed by atoms with van der Waals surface area (Å²) < 4.78 is 5.89. The molecule has 1 aliphatic carbocycles. The first-order valence-electron chi connectivity index (χ1n) is 4.67. The van der Waals surface area contributed by atoms with Crippen LogP contribution < -0.4 is 10.1 Å². The molecule has 1 N–H and O–H groups in total. The number of aromatic nitrogens is 1. The van der Waals surface area contributed by atoms with E-state index in [1.54, 1.807) is 0 Å². The third-order valence-electron chi connectivity index (χ3n) is 2.70. The van der Waals surface area contributed by atoms with Crippen LogP contribution in [-0.2, 0) is 0 Å². The lowest BCUT2D eigenvalue weighted by atomic mass is 10.2. The zero-order valence-corrected chi connectivity index (χ0v) is 7.63. The molecule has 1 fully saturated rings. The van der Waals surface area contributed by atoms with E-state index in [0.29, 0.717) is 0 Å². The van der Waals surface area contributed by atoms with Gasteiger partial charge in [-0.05, 0) is 31.4 Å². The summed E-state index contributed by atoms with van der Waals surface area (Å²) in [5.41, 5.74) is 1.26. The van der Waals surface area contributed by atoms with Gasteiger partial charge in [-0.2, -0.15) is 0 Å². The summed E-state index contributed by atoms with van der Waals surface area (Å²) in [6.07, 6.45) is 4.21. The largest absolute Gasteiger partial charge is 0.482 e. The number of aryl methyl sites for hydroxylation is 1. The van der Waals surface area contributed by atoms with Gasteiger partial charge >= 0.3 is 0 Å². The number of hydrogen-bond acceptors (Lipinski definition) is 3. The first-order valence-corrected chi connectivity index (χ1v) is 4.67. The summed E-state index contributed by atoms with van der Waals surface area (Å²) in [5.74, 6) is 1.81. The molecule has 0 unspecified atom stereocenters. The Morgan fingerprint density at radius 3 is 3.15 bits per heavy atom. The fraction of sp³-hybridized carbons (Fsp3) is 0.500. The Labute approximate surface area is 77.1 Å². The molecule has 0 bridgehead atoms. The second-order valence-electron chi connectivity index (χ2n) is 4.00. The van der Waals surface area contributed by atoms with Crippen LogP contribution in [0.2, 0.25) is 0 Å². The summed E-state index contributed by atoms with van der Waals surface area (Å²) >= 11 is 0. The number of hydrogen-bond donors (Lipinski definition) is 1. The number of rotatable bonds is 0. The molecule has 3 heteroatoms. The van der Waals surface area contributed by atoms with Gasteiger partial charge in [-0.15, -0.1) is 0 Å². The van der Waals surface area contributed by atoms with Gasteiger partial charge in [0.25, 0.3) is 0 Å².